The Morgan fingerprint density at radius 3 is 2.86 bits per heavy atom. The van der Waals surface area contributed by atoms with Crippen LogP contribution < -0.4 is 0 Å². The highest BCUT2D eigenvalue weighted by Gasteiger charge is 2.33. The average Bonchev–Trinajstić information content (AvgIpc) is 2.37. The number of hydrogen-bond acceptors (Lipinski definition) is 5. The molecule has 1 fully saturated rings. The maximum absolute atomic E-state index is 10.7. The quantitative estimate of drug-likeness (QED) is 0.891. The maximum atomic E-state index is 10.7. The van der Waals surface area contributed by atoms with E-state index in [0.29, 0.717) is 19.0 Å². The van der Waals surface area contributed by atoms with E-state index in [1.54, 1.807) is 0 Å². The molecule has 1 saturated heterocycles. The SMILES string of the molecule is CC(C)c1nccc(CN2CCC[C@](O)(CN(C)C)C2)n1. The molecule has 1 aliphatic heterocycles. The first-order valence-corrected chi connectivity index (χ1v) is 7.79. The largest absolute Gasteiger partial charge is 0.387 e. The summed E-state index contributed by atoms with van der Waals surface area (Å²) in [6, 6.07) is 1.98. The van der Waals surface area contributed by atoms with Crippen molar-refractivity contribution >= 4 is 0 Å². The highest BCUT2D eigenvalue weighted by atomic mass is 16.3. The van der Waals surface area contributed by atoms with Crippen LogP contribution in [-0.4, -0.2) is 64.2 Å². The first-order valence-electron chi connectivity index (χ1n) is 7.79. The van der Waals surface area contributed by atoms with Crippen LogP contribution in [0.4, 0.5) is 0 Å². The molecule has 5 nitrogen and oxygen atoms in total. The molecule has 5 heteroatoms. The maximum Gasteiger partial charge on any atom is 0.131 e. The molecule has 0 aromatic carbocycles. The fraction of sp³-hybridized carbons (Fsp3) is 0.750. The number of likely N-dealkylation sites (N-methyl/N-ethyl adjacent to an activating group) is 1. The van der Waals surface area contributed by atoms with E-state index in [0.717, 1.165) is 37.4 Å². The summed E-state index contributed by atoms with van der Waals surface area (Å²) in [5.74, 6) is 1.24. The van der Waals surface area contributed by atoms with Gasteiger partial charge in [-0.25, -0.2) is 9.97 Å². The van der Waals surface area contributed by atoms with Crippen molar-refractivity contribution in [1.82, 2.24) is 19.8 Å². The Bertz CT molecular complexity index is 463. The molecule has 1 N–H and O–H groups in total. The summed E-state index contributed by atoms with van der Waals surface area (Å²) >= 11 is 0. The van der Waals surface area contributed by atoms with E-state index in [-0.39, 0.29) is 0 Å². The summed E-state index contributed by atoms with van der Waals surface area (Å²) < 4.78 is 0. The van der Waals surface area contributed by atoms with Gasteiger partial charge in [0.25, 0.3) is 0 Å². The molecule has 1 aromatic rings. The van der Waals surface area contributed by atoms with E-state index in [1.165, 1.54) is 0 Å². The van der Waals surface area contributed by atoms with Gasteiger partial charge in [0.05, 0.1) is 11.3 Å². The number of hydrogen-bond donors (Lipinski definition) is 1. The predicted molar refractivity (Wildman–Crippen MR) is 84.1 cm³/mol. The van der Waals surface area contributed by atoms with Crippen LogP contribution in [0.3, 0.4) is 0 Å². The minimum absolute atomic E-state index is 0.344. The topological polar surface area (TPSA) is 52.5 Å². The molecule has 0 unspecified atom stereocenters. The predicted octanol–water partition coefficient (Wildman–Crippen LogP) is 1.49. The lowest BCUT2D eigenvalue weighted by atomic mass is 9.92. The second kappa shape index (κ2) is 6.81. The molecule has 1 aliphatic rings. The highest BCUT2D eigenvalue weighted by molar-refractivity contribution is 5.05. The van der Waals surface area contributed by atoms with Gasteiger partial charge in [0.15, 0.2) is 0 Å². The molecule has 0 saturated carbocycles. The third-order valence-corrected chi connectivity index (χ3v) is 3.88. The van der Waals surface area contributed by atoms with Crippen molar-refractivity contribution in [2.45, 2.75) is 44.8 Å². The Morgan fingerprint density at radius 2 is 2.19 bits per heavy atom. The second-order valence-corrected chi connectivity index (χ2v) is 6.84. The monoisotopic (exact) mass is 292 g/mol. The Labute approximate surface area is 128 Å². The fourth-order valence-corrected chi connectivity index (χ4v) is 3.07. The van der Waals surface area contributed by atoms with E-state index < -0.39 is 5.60 Å². The first-order chi connectivity index (χ1) is 9.88. The van der Waals surface area contributed by atoms with Crippen LogP contribution in [0.15, 0.2) is 12.3 Å². The van der Waals surface area contributed by atoms with E-state index in [9.17, 15) is 5.11 Å². The van der Waals surface area contributed by atoms with Crippen molar-refractivity contribution in [3.8, 4) is 0 Å². The third-order valence-electron chi connectivity index (χ3n) is 3.88. The summed E-state index contributed by atoms with van der Waals surface area (Å²) in [5.41, 5.74) is 0.443. The van der Waals surface area contributed by atoms with Crippen LogP contribution >= 0.6 is 0 Å². The van der Waals surface area contributed by atoms with E-state index in [4.69, 9.17) is 0 Å². The van der Waals surface area contributed by atoms with Crippen molar-refractivity contribution in [1.29, 1.82) is 0 Å². The second-order valence-electron chi connectivity index (χ2n) is 6.84. The molecular weight excluding hydrogens is 264 g/mol. The van der Waals surface area contributed by atoms with Crippen LogP contribution in [-0.2, 0) is 6.54 Å². The molecule has 0 amide bonds. The zero-order valence-electron chi connectivity index (χ0n) is 13.7. The molecule has 1 atom stereocenters. The molecular formula is C16H28N4O. The number of nitrogens with zero attached hydrogens (tertiary/aromatic N) is 4. The number of aromatic nitrogens is 2. The van der Waals surface area contributed by atoms with Crippen LogP contribution in [0.2, 0.25) is 0 Å². The van der Waals surface area contributed by atoms with Gasteiger partial charge < -0.3 is 10.0 Å². The van der Waals surface area contributed by atoms with Crippen molar-refractivity contribution in [2.75, 3.05) is 33.7 Å². The standard InChI is InChI=1S/C16H28N4O/c1-13(2)15-17-8-6-14(18-15)10-20-9-5-7-16(21,12-20)11-19(3)4/h6,8,13,21H,5,7,9-12H2,1-4H3/t16-/m0/s1. The summed E-state index contributed by atoms with van der Waals surface area (Å²) in [6.07, 6.45) is 3.75. The number of likely N-dealkylation sites (tertiary alicyclic amines) is 1. The molecule has 1 aromatic heterocycles. The summed E-state index contributed by atoms with van der Waals surface area (Å²) in [7, 11) is 4.02. The molecule has 0 radical (unpaired) electrons. The number of rotatable bonds is 5. The van der Waals surface area contributed by atoms with Crippen LogP contribution in [0.1, 0.15) is 44.1 Å². The third kappa shape index (κ3) is 4.73. The minimum Gasteiger partial charge on any atom is -0.387 e. The highest BCUT2D eigenvalue weighted by Crippen LogP contribution is 2.23. The number of β-amino-alcohol motifs (C(OH)–C–C–N with tert-alkyl or cyclic N) is 1. The lowest BCUT2D eigenvalue weighted by Gasteiger charge is -2.40. The minimum atomic E-state index is -0.602. The molecule has 21 heavy (non-hydrogen) atoms. The Hall–Kier alpha value is -1.04. The first kappa shape index (κ1) is 16.3. The fourth-order valence-electron chi connectivity index (χ4n) is 3.07. The molecule has 2 heterocycles. The zero-order valence-corrected chi connectivity index (χ0v) is 13.7. The van der Waals surface area contributed by atoms with E-state index >= 15 is 0 Å². The Balaban J connectivity index is 2.01. The smallest absolute Gasteiger partial charge is 0.131 e. The zero-order chi connectivity index (χ0) is 15.5. The van der Waals surface area contributed by atoms with Crippen LogP contribution in [0.5, 0.6) is 0 Å². The molecule has 118 valence electrons. The van der Waals surface area contributed by atoms with Gasteiger partial charge in [0.1, 0.15) is 5.82 Å². The summed E-state index contributed by atoms with van der Waals surface area (Å²) in [5, 5.41) is 10.7. The van der Waals surface area contributed by atoms with Gasteiger partial charge in [-0.3, -0.25) is 4.90 Å². The lowest BCUT2D eigenvalue weighted by molar-refractivity contribution is -0.0482. The van der Waals surface area contributed by atoms with E-state index in [2.05, 4.69) is 33.6 Å². The molecule has 0 aliphatic carbocycles. The Morgan fingerprint density at radius 1 is 1.43 bits per heavy atom. The van der Waals surface area contributed by atoms with Gasteiger partial charge in [0, 0.05) is 31.7 Å². The van der Waals surface area contributed by atoms with E-state index in [1.807, 2.05) is 26.4 Å². The van der Waals surface area contributed by atoms with Crippen molar-refractivity contribution in [2.24, 2.45) is 0 Å². The normalized spacial score (nSPS) is 24.0. The molecule has 2 rings (SSSR count). The van der Waals surface area contributed by atoms with Crippen molar-refractivity contribution < 1.29 is 5.11 Å². The summed E-state index contributed by atoms with van der Waals surface area (Å²) in [4.78, 5) is 13.3. The van der Waals surface area contributed by atoms with Gasteiger partial charge in [0.2, 0.25) is 0 Å². The molecule has 0 spiro atoms. The molecule has 0 bridgehead atoms. The average molecular weight is 292 g/mol. The van der Waals surface area contributed by atoms with Gasteiger partial charge in [-0.1, -0.05) is 13.8 Å². The van der Waals surface area contributed by atoms with Gasteiger partial charge in [-0.15, -0.1) is 0 Å². The van der Waals surface area contributed by atoms with Gasteiger partial charge >= 0.3 is 0 Å². The Kier molecular flexibility index (Phi) is 5.30. The van der Waals surface area contributed by atoms with Crippen LogP contribution in [0.25, 0.3) is 0 Å². The number of piperidine rings is 1. The van der Waals surface area contributed by atoms with Crippen molar-refractivity contribution in [3.05, 3.63) is 23.8 Å². The van der Waals surface area contributed by atoms with Crippen LogP contribution in [0, 0.1) is 0 Å². The summed E-state index contributed by atoms with van der Waals surface area (Å²) in [6.45, 7) is 7.46. The van der Waals surface area contributed by atoms with Crippen molar-refractivity contribution in [3.63, 3.8) is 0 Å². The number of aliphatic hydroxyl groups is 1. The lowest BCUT2D eigenvalue weighted by Crippen LogP contribution is -2.52. The van der Waals surface area contributed by atoms with Gasteiger partial charge in [-0.2, -0.15) is 0 Å². The van der Waals surface area contributed by atoms with Gasteiger partial charge in [-0.05, 0) is 39.5 Å².